The molecule has 0 fully saturated rings. The third-order valence-electron chi connectivity index (χ3n) is 4.71. The molecule has 0 amide bonds. The number of hydrogen-bond acceptors (Lipinski definition) is 4. The molecule has 0 atom stereocenters. The molecule has 6 nitrogen and oxygen atoms in total. The van der Waals surface area contributed by atoms with E-state index < -0.39 is 11.8 Å². The van der Waals surface area contributed by atoms with Gasteiger partial charge < -0.3 is 9.67 Å². The van der Waals surface area contributed by atoms with E-state index in [2.05, 4.69) is 10.1 Å². The quantitative estimate of drug-likeness (QED) is 0.446. The Kier molecular flexibility index (Phi) is 5.53. The second kappa shape index (κ2) is 8.12. The number of aryl methyl sites for hydroxylation is 1. The third-order valence-corrected chi connectivity index (χ3v) is 6.16. The first kappa shape index (κ1) is 20.4. The van der Waals surface area contributed by atoms with Crippen LogP contribution in [0.4, 0.5) is 4.39 Å². The van der Waals surface area contributed by atoms with Gasteiger partial charge in [0.2, 0.25) is 0 Å². The number of benzene rings is 1. The highest BCUT2D eigenvalue weighted by molar-refractivity contribution is 7.99. The topological polar surface area (TPSA) is 72.9 Å². The van der Waals surface area contributed by atoms with Gasteiger partial charge in [0.05, 0.1) is 34.5 Å². The largest absolute Gasteiger partial charge is 0.481 e. The van der Waals surface area contributed by atoms with Crippen molar-refractivity contribution in [3.8, 4) is 5.69 Å². The maximum atomic E-state index is 14.3. The van der Waals surface area contributed by atoms with E-state index >= 15 is 0 Å². The highest BCUT2D eigenvalue weighted by Gasteiger charge is 2.20. The van der Waals surface area contributed by atoms with Crippen molar-refractivity contribution in [1.29, 1.82) is 0 Å². The lowest BCUT2D eigenvalue weighted by Gasteiger charge is -2.06. The minimum Gasteiger partial charge on any atom is -0.481 e. The summed E-state index contributed by atoms with van der Waals surface area (Å²) < 4.78 is 18.1. The molecule has 0 bridgehead atoms. The molecule has 4 aromatic rings. The van der Waals surface area contributed by atoms with E-state index in [4.69, 9.17) is 16.7 Å². The summed E-state index contributed by atoms with van der Waals surface area (Å²) in [6.45, 7) is 4.68. The van der Waals surface area contributed by atoms with Gasteiger partial charge in [-0.15, -0.1) is 0 Å². The number of carboxylic acids is 1. The van der Waals surface area contributed by atoms with Gasteiger partial charge in [-0.05, 0) is 38.1 Å². The first-order valence-corrected chi connectivity index (χ1v) is 10.4. The lowest BCUT2D eigenvalue weighted by molar-refractivity contribution is -0.136. The smallest absolute Gasteiger partial charge is 0.309 e. The van der Waals surface area contributed by atoms with Gasteiger partial charge in [-0.1, -0.05) is 29.4 Å². The van der Waals surface area contributed by atoms with Crippen LogP contribution in [-0.4, -0.2) is 30.4 Å². The first-order valence-electron chi connectivity index (χ1n) is 9.25. The minimum atomic E-state index is -0.943. The summed E-state index contributed by atoms with van der Waals surface area (Å²) in [6, 6.07) is 8.29. The van der Waals surface area contributed by atoms with E-state index in [1.165, 1.54) is 17.8 Å². The van der Waals surface area contributed by atoms with Crippen molar-refractivity contribution >= 4 is 40.2 Å². The van der Waals surface area contributed by atoms with E-state index in [0.29, 0.717) is 16.1 Å². The molecular formula is C21H18ClFN4O2S. The van der Waals surface area contributed by atoms with Crippen LogP contribution in [0.5, 0.6) is 0 Å². The van der Waals surface area contributed by atoms with Crippen LogP contribution in [0, 0.1) is 12.7 Å². The molecule has 0 saturated carbocycles. The van der Waals surface area contributed by atoms with Crippen molar-refractivity contribution in [2.24, 2.45) is 0 Å². The molecule has 0 radical (unpaired) electrons. The minimum absolute atomic E-state index is 0.0438. The lowest BCUT2D eigenvalue weighted by Crippen LogP contribution is -2.02. The maximum Gasteiger partial charge on any atom is 0.309 e. The number of carboxylic acid groups (broad SMARTS) is 1. The predicted molar refractivity (Wildman–Crippen MR) is 114 cm³/mol. The van der Waals surface area contributed by atoms with E-state index in [9.17, 15) is 9.18 Å². The zero-order valence-corrected chi connectivity index (χ0v) is 17.8. The second-order valence-electron chi connectivity index (χ2n) is 6.73. The molecule has 9 heteroatoms. The molecule has 4 rings (SSSR count). The number of hydrogen-bond donors (Lipinski definition) is 1. The van der Waals surface area contributed by atoms with Crippen LogP contribution in [-0.2, 0) is 17.8 Å². The molecule has 30 heavy (non-hydrogen) atoms. The molecule has 154 valence electrons. The zero-order valence-electron chi connectivity index (χ0n) is 16.3. The maximum absolute atomic E-state index is 14.3. The summed E-state index contributed by atoms with van der Waals surface area (Å²) >= 11 is 7.45. The van der Waals surface area contributed by atoms with Crippen molar-refractivity contribution in [1.82, 2.24) is 19.3 Å². The Labute approximate surface area is 181 Å². The summed E-state index contributed by atoms with van der Waals surface area (Å²) in [6.07, 6.45) is 3.52. The SMILES string of the molecule is CCn1cc(-n2c(C)c(Sc3cccc(CC(=O)O)n3)c3cc(F)c(Cl)cc32)cn1. The van der Waals surface area contributed by atoms with Gasteiger partial charge in [-0.3, -0.25) is 9.48 Å². The Bertz CT molecular complexity index is 1270. The predicted octanol–water partition coefficient (Wildman–Crippen LogP) is 5.12. The zero-order chi connectivity index (χ0) is 21.4. The molecule has 3 heterocycles. The van der Waals surface area contributed by atoms with Crippen LogP contribution in [0.3, 0.4) is 0 Å². The molecule has 1 N–H and O–H groups in total. The fourth-order valence-corrected chi connectivity index (χ4v) is 4.54. The van der Waals surface area contributed by atoms with Gasteiger partial charge >= 0.3 is 5.97 Å². The van der Waals surface area contributed by atoms with Crippen LogP contribution in [0.2, 0.25) is 5.02 Å². The highest BCUT2D eigenvalue weighted by Crippen LogP contribution is 2.40. The molecule has 0 unspecified atom stereocenters. The highest BCUT2D eigenvalue weighted by atomic mass is 35.5. The fourth-order valence-electron chi connectivity index (χ4n) is 3.36. The average molecular weight is 445 g/mol. The van der Waals surface area contributed by atoms with Crippen LogP contribution >= 0.6 is 23.4 Å². The number of fused-ring (bicyclic) bond motifs is 1. The summed E-state index contributed by atoms with van der Waals surface area (Å²) in [7, 11) is 0. The van der Waals surface area contributed by atoms with Gasteiger partial charge in [0.1, 0.15) is 10.8 Å². The van der Waals surface area contributed by atoms with Crippen LogP contribution in [0.1, 0.15) is 18.3 Å². The van der Waals surface area contributed by atoms with Gasteiger partial charge in [-0.25, -0.2) is 9.37 Å². The molecule has 0 spiro atoms. The molecule has 0 aliphatic carbocycles. The van der Waals surface area contributed by atoms with Crippen LogP contribution < -0.4 is 0 Å². The summed E-state index contributed by atoms with van der Waals surface area (Å²) in [4.78, 5) is 16.3. The molecule has 3 aromatic heterocycles. The molecule has 0 aliphatic heterocycles. The normalized spacial score (nSPS) is 11.3. The number of aliphatic carboxylic acids is 1. The standard InChI is InChI=1S/C21H18ClFN4O2S/c1-3-26-11-14(10-24-26)27-12(2)21(15-8-17(23)16(22)9-18(15)27)30-19-6-4-5-13(25-19)7-20(28)29/h4-6,8-11H,3,7H2,1-2H3,(H,28,29). The van der Waals surface area contributed by atoms with E-state index in [-0.39, 0.29) is 11.4 Å². The Morgan fingerprint density at radius 2 is 2.13 bits per heavy atom. The van der Waals surface area contributed by atoms with Crippen molar-refractivity contribution in [2.45, 2.75) is 36.7 Å². The molecular weight excluding hydrogens is 427 g/mol. The number of rotatable bonds is 6. The third kappa shape index (κ3) is 3.80. The Hall–Kier alpha value is -2.84. The number of aromatic nitrogens is 4. The van der Waals surface area contributed by atoms with E-state index in [1.54, 1.807) is 30.5 Å². The van der Waals surface area contributed by atoms with Gasteiger partial charge in [0, 0.05) is 28.7 Å². The van der Waals surface area contributed by atoms with Crippen LogP contribution in [0.15, 0.2) is 52.6 Å². The summed E-state index contributed by atoms with van der Waals surface area (Å²) in [5, 5.41) is 14.8. The Balaban J connectivity index is 1.87. The second-order valence-corrected chi connectivity index (χ2v) is 8.17. The first-order chi connectivity index (χ1) is 14.4. The van der Waals surface area contributed by atoms with E-state index in [0.717, 1.165) is 28.3 Å². The number of carbonyl (C=O) groups is 1. The Morgan fingerprint density at radius 3 is 2.83 bits per heavy atom. The number of halogens is 2. The van der Waals surface area contributed by atoms with Crippen molar-refractivity contribution < 1.29 is 14.3 Å². The number of nitrogens with zero attached hydrogens (tertiary/aromatic N) is 4. The van der Waals surface area contributed by atoms with Crippen LogP contribution in [0.25, 0.3) is 16.6 Å². The summed E-state index contributed by atoms with van der Waals surface area (Å²) in [5.41, 5.74) is 2.96. The number of pyridine rings is 1. The average Bonchev–Trinajstić information content (AvgIpc) is 3.26. The summed E-state index contributed by atoms with van der Waals surface area (Å²) in [5.74, 6) is -1.44. The molecule has 0 saturated heterocycles. The van der Waals surface area contributed by atoms with E-state index in [1.807, 2.05) is 29.3 Å². The molecule has 1 aromatic carbocycles. The van der Waals surface area contributed by atoms with Crippen molar-refractivity contribution in [2.75, 3.05) is 0 Å². The van der Waals surface area contributed by atoms with Crippen molar-refractivity contribution in [3.63, 3.8) is 0 Å². The molecule has 0 aliphatic rings. The Morgan fingerprint density at radius 1 is 1.33 bits per heavy atom. The fraction of sp³-hybridized carbons (Fsp3) is 0.190. The van der Waals surface area contributed by atoms with Gasteiger partial charge in [0.15, 0.2) is 0 Å². The van der Waals surface area contributed by atoms with Crippen molar-refractivity contribution in [3.05, 3.63) is 65.0 Å². The van der Waals surface area contributed by atoms with Gasteiger partial charge in [-0.2, -0.15) is 5.10 Å². The monoisotopic (exact) mass is 444 g/mol. The lowest BCUT2D eigenvalue weighted by atomic mass is 10.2. The van der Waals surface area contributed by atoms with Gasteiger partial charge in [0.25, 0.3) is 0 Å².